The topological polar surface area (TPSA) is 113 Å². The van der Waals surface area contributed by atoms with Crippen molar-refractivity contribution in [2.24, 2.45) is 5.84 Å². The number of carbonyl (C=O) groups excluding carboxylic acids is 1. The van der Waals surface area contributed by atoms with Gasteiger partial charge in [0.2, 0.25) is 0 Å². The fraction of sp³-hybridized carbons (Fsp3) is 0.111. The van der Waals surface area contributed by atoms with Gasteiger partial charge in [-0.05, 0) is 10.8 Å². The summed E-state index contributed by atoms with van der Waals surface area (Å²) in [7, 11) is 0. The molecule has 0 atom stereocenters. The number of hydrogen-bond acceptors (Lipinski definition) is 5. The summed E-state index contributed by atoms with van der Waals surface area (Å²) in [6.07, 6.45) is 0. The van der Waals surface area contributed by atoms with Gasteiger partial charge in [0.15, 0.2) is 0 Å². The first-order valence-corrected chi connectivity index (χ1v) is 4.86. The van der Waals surface area contributed by atoms with Crippen molar-refractivity contribution < 1.29 is 4.79 Å². The SMILES string of the molecule is NN(Cc1ccccc1)C(=O)Nc1nn[nH]n1. The summed E-state index contributed by atoms with van der Waals surface area (Å²) in [5, 5.41) is 16.1. The first kappa shape index (κ1) is 11.0. The predicted octanol–water partition coefficient (Wildman–Crippen LogP) is 0.107. The van der Waals surface area contributed by atoms with Crippen LogP contribution in [-0.4, -0.2) is 31.7 Å². The lowest BCUT2D eigenvalue weighted by Crippen LogP contribution is -2.40. The van der Waals surface area contributed by atoms with Crippen molar-refractivity contribution in [2.45, 2.75) is 6.54 Å². The lowest BCUT2D eigenvalue weighted by Gasteiger charge is -2.15. The van der Waals surface area contributed by atoms with Crippen LogP contribution in [0.15, 0.2) is 30.3 Å². The Kier molecular flexibility index (Phi) is 3.26. The van der Waals surface area contributed by atoms with E-state index >= 15 is 0 Å². The number of carbonyl (C=O) groups is 1. The number of aromatic amines is 1. The smallest absolute Gasteiger partial charge is 0.272 e. The molecule has 0 unspecified atom stereocenters. The van der Waals surface area contributed by atoms with Crippen LogP contribution in [-0.2, 0) is 6.54 Å². The number of urea groups is 1. The fourth-order valence-corrected chi connectivity index (χ4v) is 1.23. The summed E-state index contributed by atoms with van der Waals surface area (Å²) in [5.74, 6) is 5.68. The van der Waals surface area contributed by atoms with Crippen molar-refractivity contribution >= 4 is 12.0 Å². The molecule has 2 amide bonds. The molecule has 0 saturated carbocycles. The van der Waals surface area contributed by atoms with Crippen molar-refractivity contribution in [3.63, 3.8) is 0 Å². The molecule has 0 radical (unpaired) electrons. The van der Waals surface area contributed by atoms with Crippen LogP contribution in [0.5, 0.6) is 0 Å². The molecule has 0 spiro atoms. The molecule has 0 aliphatic carbocycles. The highest BCUT2D eigenvalue weighted by Crippen LogP contribution is 2.02. The molecule has 88 valence electrons. The maximum atomic E-state index is 11.6. The standard InChI is InChI=1S/C9H11N7O/c10-16(6-7-4-2-1-3-5-7)9(17)11-8-12-14-15-13-8/h1-5H,6,10H2,(H2,11,12,13,14,15,17). The molecule has 8 nitrogen and oxygen atoms in total. The molecule has 17 heavy (non-hydrogen) atoms. The van der Waals surface area contributed by atoms with Crippen LogP contribution >= 0.6 is 0 Å². The number of nitrogens with two attached hydrogens (primary N) is 1. The van der Waals surface area contributed by atoms with Crippen molar-refractivity contribution in [3.8, 4) is 0 Å². The molecule has 0 bridgehead atoms. The minimum atomic E-state index is -0.504. The van der Waals surface area contributed by atoms with E-state index in [1.54, 1.807) is 0 Å². The molecular formula is C9H11N7O. The molecule has 1 aromatic carbocycles. The van der Waals surface area contributed by atoms with Crippen LogP contribution in [0.3, 0.4) is 0 Å². The second-order valence-electron chi connectivity index (χ2n) is 3.28. The Labute approximate surface area is 96.8 Å². The van der Waals surface area contributed by atoms with Gasteiger partial charge in [0.1, 0.15) is 0 Å². The average Bonchev–Trinajstić information content (AvgIpc) is 2.83. The molecule has 2 rings (SSSR count). The predicted molar refractivity (Wildman–Crippen MR) is 59.4 cm³/mol. The van der Waals surface area contributed by atoms with Crippen LogP contribution in [0.4, 0.5) is 10.7 Å². The van der Waals surface area contributed by atoms with Gasteiger partial charge in [0.05, 0.1) is 6.54 Å². The number of rotatable bonds is 3. The quantitative estimate of drug-likeness (QED) is 0.395. The van der Waals surface area contributed by atoms with E-state index in [1.807, 2.05) is 30.3 Å². The zero-order valence-electron chi connectivity index (χ0n) is 8.87. The number of H-pyrrole nitrogens is 1. The number of nitrogens with one attached hydrogen (secondary N) is 2. The molecule has 0 fully saturated rings. The van der Waals surface area contributed by atoms with Crippen molar-refractivity contribution in [1.82, 2.24) is 25.6 Å². The summed E-state index contributed by atoms with van der Waals surface area (Å²) in [6, 6.07) is 8.89. The van der Waals surface area contributed by atoms with Crippen molar-refractivity contribution in [1.29, 1.82) is 0 Å². The first-order valence-electron chi connectivity index (χ1n) is 4.86. The van der Waals surface area contributed by atoms with Crippen LogP contribution < -0.4 is 11.2 Å². The van der Waals surface area contributed by atoms with E-state index in [1.165, 1.54) is 0 Å². The Morgan fingerprint density at radius 3 is 2.82 bits per heavy atom. The number of hydrazine groups is 1. The normalized spacial score (nSPS) is 9.94. The van der Waals surface area contributed by atoms with E-state index < -0.39 is 6.03 Å². The van der Waals surface area contributed by atoms with Gasteiger partial charge in [0.25, 0.3) is 5.95 Å². The van der Waals surface area contributed by atoms with Gasteiger partial charge in [-0.2, -0.15) is 5.21 Å². The lowest BCUT2D eigenvalue weighted by atomic mass is 10.2. The van der Waals surface area contributed by atoms with Gasteiger partial charge in [-0.3, -0.25) is 10.3 Å². The number of aromatic nitrogens is 4. The molecule has 8 heteroatoms. The second kappa shape index (κ2) is 5.03. The summed E-state index contributed by atoms with van der Waals surface area (Å²) >= 11 is 0. The van der Waals surface area contributed by atoms with Crippen LogP contribution in [0, 0.1) is 0 Å². The van der Waals surface area contributed by atoms with E-state index in [4.69, 9.17) is 5.84 Å². The largest absolute Gasteiger partial charge is 0.338 e. The highest BCUT2D eigenvalue weighted by molar-refractivity contribution is 5.86. The Hall–Kier alpha value is -2.48. The van der Waals surface area contributed by atoms with E-state index in [0.29, 0.717) is 6.54 Å². The number of hydrogen-bond donors (Lipinski definition) is 3. The van der Waals surface area contributed by atoms with Gasteiger partial charge >= 0.3 is 6.03 Å². The molecule has 0 saturated heterocycles. The average molecular weight is 233 g/mol. The summed E-state index contributed by atoms with van der Waals surface area (Å²) in [4.78, 5) is 11.6. The number of tetrazole rings is 1. The number of nitrogens with zero attached hydrogens (tertiary/aromatic N) is 4. The fourth-order valence-electron chi connectivity index (χ4n) is 1.23. The van der Waals surface area contributed by atoms with Gasteiger partial charge < -0.3 is 0 Å². The Bertz CT molecular complexity index is 469. The maximum Gasteiger partial charge on any atom is 0.338 e. The zero-order valence-corrected chi connectivity index (χ0v) is 8.87. The van der Waals surface area contributed by atoms with Crippen LogP contribution in [0.25, 0.3) is 0 Å². The molecule has 0 aliphatic heterocycles. The first-order chi connectivity index (χ1) is 8.25. The van der Waals surface area contributed by atoms with Crippen LogP contribution in [0.2, 0.25) is 0 Å². The molecule has 2 aromatic rings. The zero-order chi connectivity index (χ0) is 12.1. The summed E-state index contributed by atoms with van der Waals surface area (Å²) in [5.41, 5.74) is 0.929. The number of anilines is 1. The minimum absolute atomic E-state index is 0.0820. The summed E-state index contributed by atoms with van der Waals surface area (Å²) in [6.45, 7) is 0.296. The lowest BCUT2D eigenvalue weighted by molar-refractivity contribution is 0.210. The van der Waals surface area contributed by atoms with E-state index in [9.17, 15) is 4.79 Å². The maximum absolute atomic E-state index is 11.6. The third kappa shape index (κ3) is 2.98. The number of amides is 2. The Balaban J connectivity index is 1.92. The number of benzene rings is 1. The monoisotopic (exact) mass is 233 g/mol. The molecule has 1 heterocycles. The van der Waals surface area contributed by atoms with Gasteiger partial charge in [-0.25, -0.2) is 10.6 Å². The van der Waals surface area contributed by atoms with E-state index in [0.717, 1.165) is 10.6 Å². The van der Waals surface area contributed by atoms with E-state index in [-0.39, 0.29) is 5.95 Å². The van der Waals surface area contributed by atoms with Gasteiger partial charge in [-0.1, -0.05) is 35.4 Å². The molecule has 0 aliphatic rings. The molecule has 1 aromatic heterocycles. The summed E-state index contributed by atoms with van der Waals surface area (Å²) < 4.78 is 0. The Morgan fingerprint density at radius 2 is 2.18 bits per heavy atom. The second-order valence-corrected chi connectivity index (χ2v) is 3.28. The Morgan fingerprint density at radius 1 is 1.41 bits per heavy atom. The minimum Gasteiger partial charge on any atom is -0.272 e. The van der Waals surface area contributed by atoms with Gasteiger partial charge in [-0.15, -0.1) is 5.10 Å². The van der Waals surface area contributed by atoms with Crippen LogP contribution in [0.1, 0.15) is 5.56 Å². The third-order valence-corrected chi connectivity index (χ3v) is 2.02. The van der Waals surface area contributed by atoms with Crippen molar-refractivity contribution in [3.05, 3.63) is 35.9 Å². The third-order valence-electron chi connectivity index (χ3n) is 2.02. The van der Waals surface area contributed by atoms with Crippen molar-refractivity contribution in [2.75, 3.05) is 5.32 Å². The molecule has 4 N–H and O–H groups in total. The highest BCUT2D eigenvalue weighted by Gasteiger charge is 2.11. The molecular weight excluding hydrogens is 222 g/mol. The van der Waals surface area contributed by atoms with E-state index in [2.05, 4.69) is 25.9 Å². The highest BCUT2D eigenvalue weighted by atomic mass is 16.2. The van der Waals surface area contributed by atoms with Gasteiger partial charge in [0, 0.05) is 0 Å².